The Bertz CT molecular complexity index is 1240. The highest BCUT2D eigenvalue weighted by atomic mass is 19.1. The molecule has 1 aromatic heterocycles. The summed E-state index contributed by atoms with van der Waals surface area (Å²) in [6.45, 7) is 4.05. The third kappa shape index (κ3) is 5.39. The normalized spacial score (nSPS) is 18.5. The molecule has 188 valence electrons. The first-order valence-electron chi connectivity index (χ1n) is 11.9. The van der Waals surface area contributed by atoms with Crippen LogP contribution in [0.3, 0.4) is 0 Å². The molecule has 3 atom stereocenters. The number of aliphatic hydroxyl groups is 1. The van der Waals surface area contributed by atoms with Gasteiger partial charge in [-0.3, -0.25) is 9.59 Å². The highest BCUT2D eigenvalue weighted by Gasteiger charge is 2.35. The van der Waals surface area contributed by atoms with E-state index in [1.54, 1.807) is 37.2 Å². The molecule has 2 amide bonds. The van der Waals surface area contributed by atoms with Gasteiger partial charge < -0.3 is 19.6 Å². The van der Waals surface area contributed by atoms with Gasteiger partial charge in [-0.05, 0) is 36.8 Å². The van der Waals surface area contributed by atoms with Crippen molar-refractivity contribution in [3.05, 3.63) is 83.8 Å². The zero-order valence-corrected chi connectivity index (χ0v) is 20.6. The van der Waals surface area contributed by atoms with Crippen LogP contribution in [0.1, 0.15) is 34.6 Å². The zero-order valence-electron chi connectivity index (χ0n) is 20.6. The van der Waals surface area contributed by atoms with E-state index in [0.717, 1.165) is 11.1 Å². The minimum absolute atomic E-state index is 0.179. The first-order valence-corrected chi connectivity index (χ1v) is 11.9. The monoisotopic (exact) mass is 491 g/mol. The van der Waals surface area contributed by atoms with Gasteiger partial charge in [-0.25, -0.2) is 9.37 Å². The molecule has 0 aliphatic carbocycles. The summed E-state index contributed by atoms with van der Waals surface area (Å²) < 4.78 is 19.9. The number of fused-ring (bicyclic) bond motifs is 1. The number of aromatic nitrogens is 1. The van der Waals surface area contributed by atoms with Crippen molar-refractivity contribution in [3.63, 3.8) is 0 Å². The number of rotatable bonds is 6. The van der Waals surface area contributed by atoms with E-state index in [-0.39, 0.29) is 42.3 Å². The zero-order chi connectivity index (χ0) is 25.8. The van der Waals surface area contributed by atoms with Crippen molar-refractivity contribution in [3.8, 4) is 17.0 Å². The quantitative estimate of drug-likeness (QED) is 0.566. The molecular formula is C28H30FN3O4. The molecule has 0 fully saturated rings. The Hall–Kier alpha value is -3.78. The van der Waals surface area contributed by atoms with Crippen molar-refractivity contribution in [1.82, 2.24) is 14.8 Å². The summed E-state index contributed by atoms with van der Waals surface area (Å²) in [5.74, 6) is -1.10. The number of hydrogen-bond acceptors (Lipinski definition) is 5. The maximum absolute atomic E-state index is 13.7. The number of halogens is 1. The molecule has 1 aliphatic heterocycles. The van der Waals surface area contributed by atoms with E-state index in [0.29, 0.717) is 12.1 Å². The lowest BCUT2D eigenvalue weighted by Gasteiger charge is -2.37. The van der Waals surface area contributed by atoms with Gasteiger partial charge in [0.25, 0.3) is 11.8 Å². The molecule has 7 nitrogen and oxygen atoms in total. The predicted molar refractivity (Wildman–Crippen MR) is 134 cm³/mol. The molecule has 0 unspecified atom stereocenters. The molecular weight excluding hydrogens is 461 g/mol. The van der Waals surface area contributed by atoms with E-state index < -0.39 is 18.0 Å². The second kappa shape index (κ2) is 10.9. The molecule has 0 bridgehead atoms. The molecule has 0 saturated carbocycles. The van der Waals surface area contributed by atoms with Gasteiger partial charge >= 0.3 is 0 Å². The highest BCUT2D eigenvalue weighted by molar-refractivity contribution is 5.98. The Morgan fingerprint density at radius 2 is 1.94 bits per heavy atom. The van der Waals surface area contributed by atoms with Crippen LogP contribution in [0.25, 0.3) is 11.1 Å². The third-order valence-electron chi connectivity index (χ3n) is 6.50. The fraction of sp³-hybridized carbons (Fsp3) is 0.321. The van der Waals surface area contributed by atoms with E-state index in [1.807, 2.05) is 37.3 Å². The van der Waals surface area contributed by atoms with E-state index in [1.165, 1.54) is 23.1 Å². The third-order valence-corrected chi connectivity index (χ3v) is 6.50. The minimum Gasteiger partial charge on any atom is -0.472 e. The van der Waals surface area contributed by atoms with Crippen molar-refractivity contribution in [2.45, 2.75) is 26.0 Å². The number of nitrogens with zero attached hydrogens (tertiary/aromatic N) is 3. The van der Waals surface area contributed by atoms with Crippen LogP contribution in [0.4, 0.5) is 4.39 Å². The summed E-state index contributed by atoms with van der Waals surface area (Å²) >= 11 is 0. The summed E-state index contributed by atoms with van der Waals surface area (Å²) in [5, 5.41) is 9.84. The van der Waals surface area contributed by atoms with Crippen LogP contribution in [0, 0.1) is 11.7 Å². The second-order valence-electron chi connectivity index (χ2n) is 9.26. The molecule has 36 heavy (non-hydrogen) atoms. The van der Waals surface area contributed by atoms with Gasteiger partial charge in [-0.1, -0.05) is 43.3 Å². The largest absolute Gasteiger partial charge is 0.472 e. The van der Waals surface area contributed by atoms with Crippen molar-refractivity contribution in [2.24, 2.45) is 5.92 Å². The standard InChI is InChI=1S/C28H30FN3O4/c1-18-15-32(19(2)17-33)28(35)24-13-22(20-8-5-4-6-9-20)14-30-26(24)36-25(18)16-31(3)27(34)21-10-7-11-23(29)12-21/h4-14,18-19,25,33H,15-17H2,1-3H3/t18-,19+,25-/m1/s1. The molecule has 0 radical (unpaired) electrons. The number of aliphatic hydroxyl groups excluding tert-OH is 1. The van der Waals surface area contributed by atoms with Crippen LogP contribution in [0.2, 0.25) is 0 Å². The fourth-order valence-electron chi connectivity index (χ4n) is 4.30. The van der Waals surface area contributed by atoms with Crippen LogP contribution in [0.15, 0.2) is 66.9 Å². The number of pyridine rings is 1. The maximum atomic E-state index is 13.7. The van der Waals surface area contributed by atoms with Crippen molar-refractivity contribution >= 4 is 11.8 Å². The molecule has 2 heterocycles. The SMILES string of the molecule is C[C@@H]1CN([C@@H](C)CO)C(=O)c2cc(-c3ccccc3)cnc2O[C@@H]1CN(C)C(=O)c1cccc(F)c1. The minimum atomic E-state index is -0.497. The molecule has 1 aliphatic rings. The number of benzene rings is 2. The lowest BCUT2D eigenvalue weighted by atomic mass is 9.99. The number of carbonyl (C=O) groups is 2. The number of ether oxygens (including phenoxy) is 1. The Morgan fingerprint density at radius 1 is 1.19 bits per heavy atom. The Morgan fingerprint density at radius 3 is 2.64 bits per heavy atom. The summed E-state index contributed by atoms with van der Waals surface area (Å²) in [7, 11) is 1.63. The first-order chi connectivity index (χ1) is 17.3. The van der Waals surface area contributed by atoms with Gasteiger partial charge in [0.1, 0.15) is 17.5 Å². The average molecular weight is 492 g/mol. The lowest BCUT2D eigenvalue weighted by Crippen LogP contribution is -2.50. The van der Waals surface area contributed by atoms with Crippen LogP contribution < -0.4 is 4.74 Å². The fourth-order valence-corrected chi connectivity index (χ4v) is 4.30. The van der Waals surface area contributed by atoms with Crippen LogP contribution in [-0.4, -0.2) is 70.6 Å². The lowest BCUT2D eigenvalue weighted by molar-refractivity contribution is 0.0313. The number of likely N-dealkylation sites (N-methyl/N-ethyl adjacent to an activating group) is 1. The smallest absolute Gasteiger partial charge is 0.259 e. The molecule has 0 spiro atoms. The van der Waals surface area contributed by atoms with E-state index in [2.05, 4.69) is 4.98 Å². The van der Waals surface area contributed by atoms with Gasteiger partial charge in [0.2, 0.25) is 5.88 Å². The molecule has 0 saturated heterocycles. The number of hydrogen-bond donors (Lipinski definition) is 1. The van der Waals surface area contributed by atoms with Crippen molar-refractivity contribution in [1.29, 1.82) is 0 Å². The second-order valence-corrected chi connectivity index (χ2v) is 9.26. The maximum Gasteiger partial charge on any atom is 0.259 e. The average Bonchev–Trinajstić information content (AvgIpc) is 2.90. The van der Waals surface area contributed by atoms with Gasteiger partial charge in [0, 0.05) is 36.8 Å². The van der Waals surface area contributed by atoms with Gasteiger partial charge in [-0.2, -0.15) is 0 Å². The first kappa shape index (κ1) is 25.3. The number of carbonyl (C=O) groups excluding carboxylic acids is 2. The Kier molecular flexibility index (Phi) is 7.64. The molecule has 2 aromatic carbocycles. The molecule has 1 N–H and O–H groups in total. The van der Waals surface area contributed by atoms with Gasteiger partial charge in [0.05, 0.1) is 19.2 Å². The van der Waals surface area contributed by atoms with Crippen LogP contribution >= 0.6 is 0 Å². The summed E-state index contributed by atoms with van der Waals surface area (Å²) in [4.78, 5) is 34.1. The van der Waals surface area contributed by atoms with Gasteiger partial charge in [0.15, 0.2) is 0 Å². The van der Waals surface area contributed by atoms with E-state index in [4.69, 9.17) is 4.74 Å². The molecule has 3 aromatic rings. The molecule has 8 heteroatoms. The van der Waals surface area contributed by atoms with Crippen LogP contribution in [-0.2, 0) is 0 Å². The summed E-state index contributed by atoms with van der Waals surface area (Å²) in [5.41, 5.74) is 2.22. The van der Waals surface area contributed by atoms with E-state index >= 15 is 0 Å². The predicted octanol–water partition coefficient (Wildman–Crippen LogP) is 3.88. The van der Waals surface area contributed by atoms with E-state index in [9.17, 15) is 19.1 Å². The Balaban J connectivity index is 1.67. The summed E-state index contributed by atoms with van der Waals surface area (Å²) in [6.07, 6.45) is 1.16. The Labute approximate surface area is 210 Å². The highest BCUT2D eigenvalue weighted by Crippen LogP contribution is 2.30. The van der Waals surface area contributed by atoms with Gasteiger partial charge in [-0.15, -0.1) is 0 Å². The van der Waals surface area contributed by atoms with Crippen LogP contribution in [0.5, 0.6) is 5.88 Å². The van der Waals surface area contributed by atoms with Crippen molar-refractivity contribution < 1.29 is 23.8 Å². The summed E-state index contributed by atoms with van der Waals surface area (Å²) in [6, 6.07) is 16.5. The van der Waals surface area contributed by atoms with Crippen molar-refractivity contribution in [2.75, 3.05) is 26.7 Å². The molecule has 4 rings (SSSR count). The number of amides is 2. The topological polar surface area (TPSA) is 83.0 Å².